The highest BCUT2D eigenvalue weighted by atomic mass is 16.5. The summed E-state index contributed by atoms with van der Waals surface area (Å²) in [5.74, 6) is 0.985. The monoisotopic (exact) mass is 259 g/mol. The molecule has 98 valence electrons. The van der Waals surface area contributed by atoms with E-state index in [-0.39, 0.29) is 11.3 Å². The van der Waals surface area contributed by atoms with Crippen LogP contribution in [0.1, 0.15) is 5.56 Å². The first kappa shape index (κ1) is 12.8. The first-order valence-corrected chi connectivity index (χ1v) is 5.49. The third-order valence-electron chi connectivity index (χ3n) is 3.05. The number of nitrogen functional groups attached to an aromatic ring is 1. The van der Waals surface area contributed by atoms with E-state index in [9.17, 15) is 4.79 Å². The van der Waals surface area contributed by atoms with Crippen molar-refractivity contribution >= 4 is 16.6 Å². The zero-order valence-corrected chi connectivity index (χ0v) is 10.9. The largest absolute Gasteiger partial charge is 0.493 e. The summed E-state index contributed by atoms with van der Waals surface area (Å²) in [6, 6.07) is 5.15. The molecule has 0 aliphatic carbocycles. The van der Waals surface area contributed by atoms with Crippen LogP contribution < -0.4 is 20.8 Å². The Morgan fingerprint density at radius 3 is 2.37 bits per heavy atom. The van der Waals surface area contributed by atoms with E-state index in [1.54, 1.807) is 19.2 Å². The third kappa shape index (κ3) is 1.76. The van der Waals surface area contributed by atoms with Gasteiger partial charge in [-0.3, -0.25) is 4.79 Å². The van der Waals surface area contributed by atoms with Gasteiger partial charge in [0.25, 0.3) is 5.56 Å². The second-order valence-corrected chi connectivity index (χ2v) is 3.99. The number of nitriles is 1. The summed E-state index contributed by atoms with van der Waals surface area (Å²) in [6.45, 7) is 0. The van der Waals surface area contributed by atoms with Gasteiger partial charge in [0.05, 0.1) is 25.4 Å². The molecule has 0 bridgehead atoms. The van der Waals surface area contributed by atoms with Gasteiger partial charge in [0, 0.05) is 18.5 Å². The lowest BCUT2D eigenvalue weighted by Gasteiger charge is -2.13. The molecule has 0 spiro atoms. The highest BCUT2D eigenvalue weighted by Gasteiger charge is 2.16. The SMILES string of the molecule is COc1cc2c(N)c(C#N)c(=O)n(C)c2cc1OC. The van der Waals surface area contributed by atoms with E-state index in [0.29, 0.717) is 22.4 Å². The molecule has 2 aromatic rings. The van der Waals surface area contributed by atoms with Crippen LogP contribution in [0.25, 0.3) is 10.9 Å². The lowest BCUT2D eigenvalue weighted by atomic mass is 10.1. The quantitative estimate of drug-likeness (QED) is 0.869. The summed E-state index contributed by atoms with van der Waals surface area (Å²) in [5.41, 5.74) is 6.12. The molecule has 1 heterocycles. The lowest BCUT2D eigenvalue weighted by molar-refractivity contribution is 0.355. The van der Waals surface area contributed by atoms with Gasteiger partial charge < -0.3 is 19.8 Å². The summed E-state index contributed by atoms with van der Waals surface area (Å²) < 4.78 is 11.7. The summed E-state index contributed by atoms with van der Waals surface area (Å²) in [5, 5.41) is 9.59. The van der Waals surface area contributed by atoms with Crippen LogP contribution in [-0.4, -0.2) is 18.8 Å². The molecule has 0 aliphatic rings. The van der Waals surface area contributed by atoms with E-state index < -0.39 is 5.56 Å². The number of hydrogen-bond acceptors (Lipinski definition) is 5. The summed E-state index contributed by atoms with van der Waals surface area (Å²) in [7, 11) is 4.60. The fourth-order valence-electron chi connectivity index (χ4n) is 2.00. The van der Waals surface area contributed by atoms with E-state index in [2.05, 4.69) is 0 Å². The third-order valence-corrected chi connectivity index (χ3v) is 3.05. The van der Waals surface area contributed by atoms with E-state index in [4.69, 9.17) is 20.5 Å². The molecule has 0 saturated heterocycles. The topological polar surface area (TPSA) is 90.3 Å². The van der Waals surface area contributed by atoms with Crippen molar-refractivity contribution in [2.24, 2.45) is 7.05 Å². The summed E-state index contributed by atoms with van der Waals surface area (Å²) >= 11 is 0. The van der Waals surface area contributed by atoms with Crippen LogP contribution in [0.5, 0.6) is 11.5 Å². The van der Waals surface area contributed by atoms with Crippen LogP contribution in [-0.2, 0) is 7.05 Å². The van der Waals surface area contributed by atoms with Crippen LogP contribution in [0.15, 0.2) is 16.9 Å². The highest BCUT2D eigenvalue weighted by Crippen LogP contribution is 2.34. The minimum absolute atomic E-state index is 0.0674. The van der Waals surface area contributed by atoms with Crippen molar-refractivity contribution in [1.82, 2.24) is 4.57 Å². The van der Waals surface area contributed by atoms with Gasteiger partial charge in [0.2, 0.25) is 0 Å². The summed E-state index contributed by atoms with van der Waals surface area (Å²) in [6.07, 6.45) is 0. The van der Waals surface area contributed by atoms with E-state index in [0.717, 1.165) is 0 Å². The normalized spacial score (nSPS) is 10.2. The zero-order chi connectivity index (χ0) is 14.2. The number of nitrogens with zero attached hydrogens (tertiary/aromatic N) is 2. The predicted molar refractivity (Wildman–Crippen MR) is 71.4 cm³/mol. The molecule has 0 atom stereocenters. The summed E-state index contributed by atoms with van der Waals surface area (Å²) in [4.78, 5) is 12.0. The second-order valence-electron chi connectivity index (χ2n) is 3.99. The van der Waals surface area contributed by atoms with Crippen molar-refractivity contribution in [2.75, 3.05) is 20.0 Å². The van der Waals surface area contributed by atoms with Gasteiger partial charge in [0.1, 0.15) is 11.6 Å². The highest BCUT2D eigenvalue weighted by molar-refractivity contribution is 5.95. The predicted octanol–water partition coefficient (Wildman–Crippen LogP) is 1.01. The van der Waals surface area contributed by atoms with Crippen LogP contribution in [0.2, 0.25) is 0 Å². The Hall–Kier alpha value is -2.68. The molecule has 0 amide bonds. The Morgan fingerprint density at radius 1 is 1.26 bits per heavy atom. The molecule has 19 heavy (non-hydrogen) atoms. The van der Waals surface area contributed by atoms with Crippen molar-refractivity contribution in [1.29, 1.82) is 5.26 Å². The second kappa shape index (κ2) is 4.53. The van der Waals surface area contributed by atoms with Crippen LogP contribution >= 0.6 is 0 Å². The number of fused-ring (bicyclic) bond motifs is 1. The molecule has 0 radical (unpaired) electrons. The van der Waals surface area contributed by atoms with Gasteiger partial charge in [-0.05, 0) is 6.07 Å². The number of pyridine rings is 1. The molecule has 2 rings (SSSR count). The Bertz CT molecular complexity index is 757. The molecule has 2 N–H and O–H groups in total. The van der Waals surface area contributed by atoms with Gasteiger partial charge in [-0.2, -0.15) is 5.26 Å². The van der Waals surface area contributed by atoms with Gasteiger partial charge in [-0.15, -0.1) is 0 Å². The van der Waals surface area contributed by atoms with Gasteiger partial charge in [0.15, 0.2) is 11.5 Å². The molecular weight excluding hydrogens is 246 g/mol. The molecule has 0 fully saturated rings. The maximum absolute atomic E-state index is 12.0. The van der Waals surface area contributed by atoms with Crippen LogP contribution in [0.4, 0.5) is 5.69 Å². The number of benzene rings is 1. The zero-order valence-electron chi connectivity index (χ0n) is 10.9. The lowest BCUT2D eigenvalue weighted by Crippen LogP contribution is -2.22. The number of ether oxygens (including phenoxy) is 2. The molecule has 0 unspecified atom stereocenters. The van der Waals surface area contributed by atoms with E-state index in [1.165, 1.54) is 18.8 Å². The first-order valence-electron chi connectivity index (χ1n) is 5.49. The molecule has 1 aromatic heterocycles. The van der Waals surface area contributed by atoms with Crippen LogP contribution in [0.3, 0.4) is 0 Å². The number of aryl methyl sites for hydroxylation is 1. The number of anilines is 1. The maximum Gasteiger partial charge on any atom is 0.270 e. The number of hydrogen-bond donors (Lipinski definition) is 1. The molecule has 1 aromatic carbocycles. The van der Waals surface area contributed by atoms with Gasteiger partial charge >= 0.3 is 0 Å². The fourth-order valence-corrected chi connectivity index (χ4v) is 2.00. The Labute approximate surface area is 109 Å². The standard InChI is InChI=1S/C13H13N3O3/c1-16-9-5-11(19-3)10(18-2)4-7(9)12(15)8(6-14)13(16)17/h4-5H,15H2,1-3H3. The molecule has 6 nitrogen and oxygen atoms in total. The Balaban J connectivity index is 3.01. The average Bonchev–Trinajstić information content (AvgIpc) is 2.44. The smallest absolute Gasteiger partial charge is 0.270 e. The number of rotatable bonds is 2. The minimum atomic E-state index is -0.431. The van der Waals surface area contributed by atoms with E-state index in [1.807, 2.05) is 6.07 Å². The Morgan fingerprint density at radius 2 is 1.84 bits per heavy atom. The van der Waals surface area contributed by atoms with E-state index >= 15 is 0 Å². The van der Waals surface area contributed by atoms with Crippen molar-refractivity contribution in [2.45, 2.75) is 0 Å². The van der Waals surface area contributed by atoms with Crippen LogP contribution in [0, 0.1) is 11.3 Å². The van der Waals surface area contributed by atoms with Gasteiger partial charge in [-0.25, -0.2) is 0 Å². The van der Waals surface area contributed by atoms with Gasteiger partial charge in [-0.1, -0.05) is 0 Å². The van der Waals surface area contributed by atoms with Crippen molar-refractivity contribution in [3.63, 3.8) is 0 Å². The number of aromatic nitrogens is 1. The van der Waals surface area contributed by atoms with Crippen molar-refractivity contribution in [3.05, 3.63) is 28.0 Å². The molecular formula is C13H13N3O3. The minimum Gasteiger partial charge on any atom is -0.493 e. The molecule has 6 heteroatoms. The van der Waals surface area contributed by atoms with Crippen molar-refractivity contribution < 1.29 is 9.47 Å². The molecule has 0 aliphatic heterocycles. The Kier molecular flexibility index (Phi) is 3.05. The first-order chi connectivity index (χ1) is 9.04. The molecule has 0 saturated carbocycles. The fraction of sp³-hybridized carbons (Fsp3) is 0.231. The number of nitrogens with two attached hydrogens (primary N) is 1. The average molecular weight is 259 g/mol. The maximum atomic E-state index is 12.0. The number of methoxy groups -OCH3 is 2. The van der Waals surface area contributed by atoms with Crippen molar-refractivity contribution in [3.8, 4) is 17.6 Å².